The van der Waals surface area contributed by atoms with Crippen LogP contribution in [0.25, 0.3) is 0 Å². The molecule has 0 spiro atoms. The van der Waals surface area contributed by atoms with Crippen molar-refractivity contribution in [2.24, 2.45) is 0 Å². The van der Waals surface area contributed by atoms with E-state index in [2.05, 4.69) is 35.0 Å². The summed E-state index contributed by atoms with van der Waals surface area (Å²) in [5.41, 5.74) is 0. The molecule has 0 aliphatic rings. The number of halogens is 1. The summed E-state index contributed by atoms with van der Waals surface area (Å²) in [4.78, 5) is 0. The molecule has 0 aliphatic heterocycles. The quantitative estimate of drug-likeness (QED) is 0.226. The summed E-state index contributed by atoms with van der Waals surface area (Å²) in [5, 5.41) is 1.18. The molecule has 0 aromatic rings. The van der Waals surface area contributed by atoms with Crippen LogP contribution in [-0.2, 0) is 0 Å². The molecule has 0 saturated carbocycles. The molecule has 0 N–H and O–H groups in total. The van der Waals surface area contributed by atoms with E-state index in [0.29, 0.717) is 0 Å². The summed E-state index contributed by atoms with van der Waals surface area (Å²) in [5.74, 6) is 0. The predicted molar refractivity (Wildman–Crippen MR) is 79.4 cm³/mol. The predicted octanol–water partition coefficient (Wildman–Crippen LogP) is 6.25. The molecule has 0 nitrogen and oxygen atoms in total. The van der Waals surface area contributed by atoms with E-state index in [0.717, 1.165) is 0 Å². The SMILES string of the molecule is CCCC/C=C\CCCCCCCCCBr. The first-order valence-electron chi connectivity index (χ1n) is 7.12. The third-order valence-corrected chi connectivity index (χ3v) is 3.46. The second-order valence-corrected chi connectivity index (χ2v) is 5.36. The highest BCUT2D eigenvalue weighted by Gasteiger charge is 1.90. The molecule has 96 valence electrons. The van der Waals surface area contributed by atoms with E-state index in [1.807, 2.05) is 0 Å². The Morgan fingerprint density at radius 1 is 0.688 bits per heavy atom. The van der Waals surface area contributed by atoms with Crippen LogP contribution in [0.4, 0.5) is 0 Å². The van der Waals surface area contributed by atoms with Crippen LogP contribution in [0.1, 0.15) is 77.6 Å². The Kier molecular flexibility index (Phi) is 15.4. The Bertz CT molecular complexity index is 140. The van der Waals surface area contributed by atoms with Crippen molar-refractivity contribution in [1.29, 1.82) is 0 Å². The van der Waals surface area contributed by atoms with Gasteiger partial charge in [-0.2, -0.15) is 0 Å². The molecule has 0 atom stereocenters. The van der Waals surface area contributed by atoms with Crippen LogP contribution in [0.15, 0.2) is 12.2 Å². The molecule has 0 aromatic heterocycles. The van der Waals surface area contributed by atoms with Gasteiger partial charge in [-0.15, -0.1) is 0 Å². The first kappa shape index (κ1) is 16.2. The van der Waals surface area contributed by atoms with Crippen LogP contribution < -0.4 is 0 Å². The molecule has 1 heteroatoms. The van der Waals surface area contributed by atoms with Crippen molar-refractivity contribution >= 4 is 15.9 Å². The maximum Gasteiger partial charge on any atom is 0.00313 e. The Labute approximate surface area is 111 Å². The fourth-order valence-electron chi connectivity index (χ4n) is 1.80. The second-order valence-electron chi connectivity index (χ2n) is 4.57. The van der Waals surface area contributed by atoms with Crippen molar-refractivity contribution in [1.82, 2.24) is 0 Å². The molecule has 0 aliphatic carbocycles. The lowest BCUT2D eigenvalue weighted by atomic mass is 10.1. The summed E-state index contributed by atoms with van der Waals surface area (Å²) in [6.45, 7) is 2.25. The fraction of sp³-hybridized carbons (Fsp3) is 0.867. The van der Waals surface area contributed by atoms with E-state index in [1.54, 1.807) is 0 Å². The monoisotopic (exact) mass is 288 g/mol. The van der Waals surface area contributed by atoms with Gasteiger partial charge in [0.15, 0.2) is 0 Å². The van der Waals surface area contributed by atoms with Crippen LogP contribution in [0, 0.1) is 0 Å². The topological polar surface area (TPSA) is 0 Å². The highest BCUT2D eigenvalue weighted by atomic mass is 79.9. The zero-order chi connectivity index (χ0) is 11.9. The van der Waals surface area contributed by atoms with E-state index in [9.17, 15) is 0 Å². The highest BCUT2D eigenvalue weighted by Crippen LogP contribution is 2.09. The van der Waals surface area contributed by atoms with Crippen LogP contribution in [0.3, 0.4) is 0 Å². The molecule has 0 unspecified atom stereocenters. The second kappa shape index (κ2) is 15.2. The van der Waals surface area contributed by atoms with Gasteiger partial charge in [-0.25, -0.2) is 0 Å². The van der Waals surface area contributed by atoms with Crippen LogP contribution in [-0.4, -0.2) is 5.33 Å². The van der Waals surface area contributed by atoms with Gasteiger partial charge in [-0.3, -0.25) is 0 Å². The fourth-order valence-corrected chi connectivity index (χ4v) is 2.19. The lowest BCUT2D eigenvalue weighted by Crippen LogP contribution is -1.80. The number of hydrogen-bond donors (Lipinski definition) is 0. The van der Waals surface area contributed by atoms with Crippen LogP contribution in [0.5, 0.6) is 0 Å². The van der Waals surface area contributed by atoms with Gasteiger partial charge in [0.2, 0.25) is 0 Å². The van der Waals surface area contributed by atoms with Crippen molar-refractivity contribution in [3.8, 4) is 0 Å². The zero-order valence-corrected chi connectivity index (χ0v) is 12.6. The first-order valence-corrected chi connectivity index (χ1v) is 8.25. The third kappa shape index (κ3) is 14.2. The maximum absolute atomic E-state index is 3.47. The van der Waals surface area contributed by atoms with E-state index >= 15 is 0 Å². The van der Waals surface area contributed by atoms with Gasteiger partial charge in [0.25, 0.3) is 0 Å². The van der Waals surface area contributed by atoms with Gasteiger partial charge < -0.3 is 0 Å². The molecule has 16 heavy (non-hydrogen) atoms. The van der Waals surface area contributed by atoms with Crippen molar-refractivity contribution < 1.29 is 0 Å². The van der Waals surface area contributed by atoms with Crippen molar-refractivity contribution in [3.63, 3.8) is 0 Å². The summed E-state index contributed by atoms with van der Waals surface area (Å²) < 4.78 is 0. The molecule has 0 amide bonds. The van der Waals surface area contributed by atoms with Gasteiger partial charge in [0, 0.05) is 5.33 Å². The van der Waals surface area contributed by atoms with E-state index in [1.165, 1.54) is 76.0 Å². The summed E-state index contributed by atoms with van der Waals surface area (Å²) in [6.07, 6.45) is 19.8. The average molecular weight is 289 g/mol. The summed E-state index contributed by atoms with van der Waals surface area (Å²) in [6, 6.07) is 0. The molecule has 0 saturated heterocycles. The van der Waals surface area contributed by atoms with Gasteiger partial charge >= 0.3 is 0 Å². The molecular formula is C15H29Br. The minimum Gasteiger partial charge on any atom is -0.0928 e. The summed E-state index contributed by atoms with van der Waals surface area (Å²) in [7, 11) is 0. The summed E-state index contributed by atoms with van der Waals surface area (Å²) >= 11 is 3.47. The average Bonchev–Trinajstić information content (AvgIpc) is 2.31. The molecule has 0 aromatic carbocycles. The highest BCUT2D eigenvalue weighted by molar-refractivity contribution is 9.09. The minimum absolute atomic E-state index is 1.18. The van der Waals surface area contributed by atoms with Crippen molar-refractivity contribution in [2.45, 2.75) is 77.6 Å². The van der Waals surface area contributed by atoms with Gasteiger partial charge in [-0.05, 0) is 25.7 Å². The third-order valence-electron chi connectivity index (χ3n) is 2.90. The van der Waals surface area contributed by atoms with Crippen molar-refractivity contribution in [2.75, 3.05) is 5.33 Å². The Morgan fingerprint density at radius 3 is 1.75 bits per heavy atom. The number of rotatable bonds is 12. The molecule has 0 fully saturated rings. The maximum atomic E-state index is 3.47. The molecule has 0 rings (SSSR count). The zero-order valence-electron chi connectivity index (χ0n) is 11.0. The number of alkyl halides is 1. The normalized spacial score (nSPS) is 11.4. The Balaban J connectivity index is 2.95. The van der Waals surface area contributed by atoms with E-state index < -0.39 is 0 Å². The van der Waals surface area contributed by atoms with E-state index in [4.69, 9.17) is 0 Å². The van der Waals surface area contributed by atoms with Gasteiger partial charge in [0.1, 0.15) is 0 Å². The number of hydrogen-bond acceptors (Lipinski definition) is 0. The largest absolute Gasteiger partial charge is 0.0928 e. The number of allylic oxidation sites excluding steroid dienone is 2. The first-order chi connectivity index (χ1) is 7.91. The molecule has 0 radical (unpaired) electrons. The number of unbranched alkanes of at least 4 members (excludes halogenated alkanes) is 9. The van der Waals surface area contributed by atoms with E-state index in [-0.39, 0.29) is 0 Å². The lowest BCUT2D eigenvalue weighted by molar-refractivity contribution is 0.594. The Morgan fingerprint density at radius 2 is 1.19 bits per heavy atom. The van der Waals surface area contributed by atoms with Crippen LogP contribution in [0.2, 0.25) is 0 Å². The molecular weight excluding hydrogens is 260 g/mol. The Hall–Kier alpha value is 0.220. The lowest BCUT2D eigenvalue weighted by Gasteiger charge is -1.99. The smallest absolute Gasteiger partial charge is 0.00313 e. The van der Waals surface area contributed by atoms with Gasteiger partial charge in [0.05, 0.1) is 0 Å². The standard InChI is InChI=1S/C15H29Br/c1-2-3-4-5-6-7-8-9-10-11-12-13-14-15-16/h5-6H,2-4,7-15H2,1H3/b6-5-. The molecule has 0 heterocycles. The van der Waals surface area contributed by atoms with Gasteiger partial charge in [-0.1, -0.05) is 80.0 Å². The minimum atomic E-state index is 1.18. The molecule has 0 bridgehead atoms. The van der Waals surface area contributed by atoms with Crippen LogP contribution >= 0.6 is 15.9 Å². The van der Waals surface area contributed by atoms with Crippen molar-refractivity contribution in [3.05, 3.63) is 12.2 Å².